The van der Waals surface area contributed by atoms with Gasteiger partial charge in [-0.15, -0.1) is 0 Å². The number of rotatable bonds is 4. The van der Waals surface area contributed by atoms with Crippen LogP contribution in [0.4, 0.5) is 0 Å². The van der Waals surface area contributed by atoms with Gasteiger partial charge in [-0.2, -0.15) is 0 Å². The van der Waals surface area contributed by atoms with Crippen LogP contribution in [0.15, 0.2) is 73.1 Å². The number of methoxy groups -OCH3 is 1. The molecule has 5 nitrogen and oxygen atoms in total. The number of nitrogens with one attached hydrogen (secondary N) is 1. The molecule has 0 spiro atoms. The third-order valence-corrected chi connectivity index (χ3v) is 4.10. The standard InChI is InChI=1S/C21H16N2O3/c1-25-21(24)18-11-17-19(23-18)12-22-13-20(17)26-16-9-7-15(8-10-16)14-5-3-2-4-6-14/h2-13,23H,1H3. The van der Waals surface area contributed by atoms with E-state index in [9.17, 15) is 4.79 Å². The minimum absolute atomic E-state index is 0.361. The summed E-state index contributed by atoms with van der Waals surface area (Å²) < 4.78 is 10.7. The Balaban J connectivity index is 1.63. The highest BCUT2D eigenvalue weighted by Gasteiger charge is 2.13. The van der Waals surface area contributed by atoms with Crippen molar-refractivity contribution in [3.8, 4) is 22.6 Å². The molecule has 26 heavy (non-hydrogen) atoms. The van der Waals surface area contributed by atoms with Crippen LogP contribution in [0.25, 0.3) is 22.0 Å². The number of esters is 1. The summed E-state index contributed by atoms with van der Waals surface area (Å²) in [5, 5.41) is 0.771. The van der Waals surface area contributed by atoms with Gasteiger partial charge in [0.25, 0.3) is 0 Å². The molecule has 4 rings (SSSR count). The quantitative estimate of drug-likeness (QED) is 0.540. The summed E-state index contributed by atoms with van der Waals surface area (Å²) in [6.45, 7) is 0. The van der Waals surface area contributed by atoms with Crippen molar-refractivity contribution in [1.82, 2.24) is 9.97 Å². The summed E-state index contributed by atoms with van der Waals surface area (Å²) in [7, 11) is 1.35. The van der Waals surface area contributed by atoms with E-state index in [2.05, 4.69) is 22.1 Å². The topological polar surface area (TPSA) is 64.2 Å². The fraction of sp³-hybridized carbons (Fsp3) is 0.0476. The summed E-state index contributed by atoms with van der Waals surface area (Å²) >= 11 is 0. The molecule has 1 N–H and O–H groups in total. The number of fused-ring (bicyclic) bond motifs is 1. The molecule has 2 aromatic heterocycles. The Bertz CT molecular complexity index is 1050. The summed E-state index contributed by atoms with van der Waals surface area (Å²) in [5.41, 5.74) is 3.34. The van der Waals surface area contributed by atoms with Crippen molar-refractivity contribution in [2.45, 2.75) is 0 Å². The number of aromatic nitrogens is 2. The van der Waals surface area contributed by atoms with Crippen LogP contribution < -0.4 is 4.74 Å². The molecule has 0 bridgehead atoms. The van der Waals surface area contributed by atoms with Crippen molar-refractivity contribution in [1.29, 1.82) is 0 Å². The molecule has 0 aliphatic heterocycles. The second-order valence-electron chi connectivity index (χ2n) is 5.77. The normalized spacial score (nSPS) is 10.7. The number of ether oxygens (including phenoxy) is 2. The van der Waals surface area contributed by atoms with Crippen LogP contribution in [-0.4, -0.2) is 23.0 Å². The van der Waals surface area contributed by atoms with Gasteiger partial charge in [0.15, 0.2) is 5.75 Å². The smallest absolute Gasteiger partial charge is 0.354 e. The number of hydrogen-bond acceptors (Lipinski definition) is 4. The van der Waals surface area contributed by atoms with Crippen LogP contribution in [0.3, 0.4) is 0 Å². The minimum atomic E-state index is -0.431. The van der Waals surface area contributed by atoms with Crippen molar-refractivity contribution in [2.24, 2.45) is 0 Å². The van der Waals surface area contributed by atoms with Crippen molar-refractivity contribution in [2.75, 3.05) is 7.11 Å². The van der Waals surface area contributed by atoms with E-state index in [4.69, 9.17) is 9.47 Å². The Morgan fingerprint density at radius 2 is 1.69 bits per heavy atom. The van der Waals surface area contributed by atoms with Crippen molar-refractivity contribution < 1.29 is 14.3 Å². The molecule has 0 saturated heterocycles. The van der Waals surface area contributed by atoms with Gasteiger partial charge in [0.2, 0.25) is 0 Å². The minimum Gasteiger partial charge on any atom is -0.464 e. The maximum atomic E-state index is 11.7. The predicted octanol–water partition coefficient (Wildman–Crippen LogP) is 4.81. The van der Waals surface area contributed by atoms with E-state index in [0.29, 0.717) is 22.7 Å². The van der Waals surface area contributed by atoms with Gasteiger partial charge in [-0.25, -0.2) is 4.79 Å². The van der Waals surface area contributed by atoms with E-state index in [1.165, 1.54) is 7.11 Å². The largest absolute Gasteiger partial charge is 0.464 e. The van der Waals surface area contributed by atoms with Gasteiger partial charge < -0.3 is 14.5 Å². The highest BCUT2D eigenvalue weighted by atomic mass is 16.5. The molecule has 5 heteroatoms. The number of nitrogens with zero attached hydrogens (tertiary/aromatic N) is 1. The van der Waals surface area contributed by atoms with Crippen LogP contribution in [0, 0.1) is 0 Å². The van der Waals surface area contributed by atoms with Crippen LogP contribution in [-0.2, 0) is 4.74 Å². The summed E-state index contributed by atoms with van der Waals surface area (Å²) in [6.07, 6.45) is 3.27. The lowest BCUT2D eigenvalue weighted by Crippen LogP contribution is -2.00. The first-order valence-corrected chi connectivity index (χ1v) is 8.13. The zero-order valence-electron chi connectivity index (χ0n) is 14.1. The molecule has 0 amide bonds. The summed E-state index contributed by atoms with van der Waals surface area (Å²) in [4.78, 5) is 18.9. The van der Waals surface area contributed by atoms with Crippen LogP contribution in [0.1, 0.15) is 10.5 Å². The lowest BCUT2D eigenvalue weighted by molar-refractivity contribution is 0.0595. The molecule has 0 unspecified atom stereocenters. The zero-order chi connectivity index (χ0) is 17.9. The van der Waals surface area contributed by atoms with Gasteiger partial charge in [-0.3, -0.25) is 4.98 Å². The van der Waals surface area contributed by atoms with Gasteiger partial charge in [0.1, 0.15) is 11.4 Å². The monoisotopic (exact) mass is 344 g/mol. The van der Waals surface area contributed by atoms with E-state index in [0.717, 1.165) is 16.5 Å². The number of benzene rings is 2. The van der Waals surface area contributed by atoms with Crippen LogP contribution in [0.5, 0.6) is 11.5 Å². The van der Waals surface area contributed by atoms with Crippen LogP contribution >= 0.6 is 0 Å². The lowest BCUT2D eigenvalue weighted by atomic mass is 10.1. The first-order chi connectivity index (χ1) is 12.7. The molecular weight excluding hydrogens is 328 g/mol. The van der Waals surface area contributed by atoms with Gasteiger partial charge in [-0.05, 0) is 29.3 Å². The Labute approximate surface area is 150 Å². The molecule has 128 valence electrons. The number of carbonyl (C=O) groups excluding carboxylic acids is 1. The van der Waals surface area contributed by atoms with Crippen molar-refractivity contribution in [3.05, 3.63) is 78.8 Å². The molecular formula is C21H16N2O3. The van der Waals surface area contributed by atoms with Gasteiger partial charge in [-0.1, -0.05) is 42.5 Å². The maximum absolute atomic E-state index is 11.7. The Morgan fingerprint density at radius 3 is 2.42 bits per heavy atom. The van der Waals surface area contributed by atoms with E-state index >= 15 is 0 Å². The molecule has 0 fully saturated rings. The third kappa shape index (κ3) is 3.02. The van der Waals surface area contributed by atoms with E-state index in [-0.39, 0.29) is 0 Å². The highest BCUT2D eigenvalue weighted by molar-refractivity contribution is 5.96. The molecule has 0 saturated carbocycles. The Hall–Kier alpha value is -3.60. The number of carbonyl (C=O) groups is 1. The van der Waals surface area contributed by atoms with E-state index in [1.807, 2.05) is 42.5 Å². The molecule has 2 aromatic carbocycles. The SMILES string of the molecule is COC(=O)c1cc2c(Oc3ccc(-c4ccccc4)cc3)cncc2[nH]1. The molecule has 0 aliphatic rings. The highest BCUT2D eigenvalue weighted by Crippen LogP contribution is 2.31. The first-order valence-electron chi connectivity index (χ1n) is 8.13. The lowest BCUT2D eigenvalue weighted by Gasteiger charge is -2.07. The number of aromatic amines is 1. The van der Waals surface area contributed by atoms with Gasteiger partial charge >= 0.3 is 5.97 Å². The van der Waals surface area contributed by atoms with Gasteiger partial charge in [0, 0.05) is 5.39 Å². The van der Waals surface area contributed by atoms with E-state index in [1.54, 1.807) is 18.5 Å². The fourth-order valence-electron chi connectivity index (χ4n) is 2.80. The van der Waals surface area contributed by atoms with Crippen molar-refractivity contribution in [3.63, 3.8) is 0 Å². The molecule has 0 radical (unpaired) electrons. The Morgan fingerprint density at radius 1 is 0.962 bits per heavy atom. The third-order valence-electron chi connectivity index (χ3n) is 4.10. The molecule has 2 heterocycles. The molecule has 4 aromatic rings. The number of hydrogen-bond donors (Lipinski definition) is 1. The Kier molecular flexibility index (Phi) is 4.11. The maximum Gasteiger partial charge on any atom is 0.354 e. The fourth-order valence-corrected chi connectivity index (χ4v) is 2.80. The predicted molar refractivity (Wildman–Crippen MR) is 99.4 cm³/mol. The van der Waals surface area contributed by atoms with Crippen LogP contribution in [0.2, 0.25) is 0 Å². The summed E-state index contributed by atoms with van der Waals surface area (Å²) in [5.74, 6) is 0.834. The number of H-pyrrole nitrogens is 1. The van der Waals surface area contributed by atoms with Crippen molar-refractivity contribution >= 4 is 16.9 Å². The molecule has 0 atom stereocenters. The number of pyridine rings is 1. The zero-order valence-corrected chi connectivity index (χ0v) is 14.1. The molecule has 0 aliphatic carbocycles. The van der Waals surface area contributed by atoms with E-state index < -0.39 is 5.97 Å². The van der Waals surface area contributed by atoms with Gasteiger partial charge in [0.05, 0.1) is 25.0 Å². The average molecular weight is 344 g/mol. The average Bonchev–Trinajstić information content (AvgIpc) is 3.14. The second-order valence-corrected chi connectivity index (χ2v) is 5.77. The second kappa shape index (κ2) is 6.72. The summed E-state index contributed by atoms with van der Waals surface area (Å²) in [6, 6.07) is 19.7. The first kappa shape index (κ1) is 15.9.